The number of rotatable bonds is 7. The van der Waals surface area contributed by atoms with Crippen LogP contribution in [0.2, 0.25) is 5.02 Å². The summed E-state index contributed by atoms with van der Waals surface area (Å²) >= 11 is 6.02. The number of hydrogen-bond donors (Lipinski definition) is 3. The minimum Gasteiger partial charge on any atom is -0.495 e. The van der Waals surface area contributed by atoms with E-state index in [4.69, 9.17) is 21.4 Å². The van der Waals surface area contributed by atoms with Gasteiger partial charge in [-0.15, -0.1) is 0 Å². The Hall–Kier alpha value is -2.62. The van der Waals surface area contributed by atoms with Crippen LogP contribution >= 0.6 is 11.6 Å². The Morgan fingerprint density at radius 1 is 1.31 bits per heavy atom. The molecule has 1 fully saturated rings. The van der Waals surface area contributed by atoms with Gasteiger partial charge in [-0.1, -0.05) is 11.6 Å². The van der Waals surface area contributed by atoms with Gasteiger partial charge in [0, 0.05) is 45.3 Å². The number of aliphatic hydroxyl groups is 1. The average molecular weight is 421 g/mol. The van der Waals surface area contributed by atoms with Crippen LogP contribution in [0.1, 0.15) is 10.4 Å². The van der Waals surface area contributed by atoms with E-state index in [1.807, 2.05) is 4.90 Å². The van der Waals surface area contributed by atoms with Gasteiger partial charge in [-0.05, 0) is 18.2 Å². The summed E-state index contributed by atoms with van der Waals surface area (Å²) in [4.78, 5) is 25.3. The quantitative estimate of drug-likeness (QED) is 0.621. The molecule has 2 aromatic rings. The van der Waals surface area contributed by atoms with Crippen molar-refractivity contribution < 1.29 is 14.6 Å². The summed E-state index contributed by atoms with van der Waals surface area (Å²) in [5, 5.41) is 15.5. The summed E-state index contributed by atoms with van der Waals surface area (Å²) in [5.74, 6) is 1.34. The lowest BCUT2D eigenvalue weighted by Crippen LogP contribution is -2.49. The van der Waals surface area contributed by atoms with Crippen LogP contribution in [0.4, 0.5) is 17.5 Å². The number of benzene rings is 1. The zero-order chi connectivity index (χ0) is 20.8. The zero-order valence-corrected chi connectivity index (χ0v) is 17.2. The van der Waals surface area contributed by atoms with Crippen molar-refractivity contribution in [2.75, 3.05) is 64.1 Å². The second kappa shape index (κ2) is 9.73. The first-order chi connectivity index (χ1) is 14.0. The zero-order valence-electron chi connectivity index (χ0n) is 16.5. The molecule has 0 radical (unpaired) electrons. The molecule has 10 heteroatoms. The van der Waals surface area contributed by atoms with Crippen LogP contribution in [0.15, 0.2) is 24.4 Å². The number of aliphatic hydroxyl groups excluding tert-OH is 1. The van der Waals surface area contributed by atoms with Crippen molar-refractivity contribution in [2.45, 2.75) is 0 Å². The van der Waals surface area contributed by atoms with E-state index >= 15 is 0 Å². The topological polar surface area (TPSA) is 103 Å². The standard InChI is InChI=1S/C19H25ClN6O3/c1-21-17-14(20)12-22-19(24-17)23-15-4-3-13(11-16(15)29-2)18(28)26-7-5-25(6-8-26)9-10-27/h3-4,11-12,27H,5-10H2,1-2H3,(H2,21,22,23,24). The van der Waals surface area contributed by atoms with Gasteiger partial charge < -0.3 is 25.4 Å². The molecule has 1 aromatic heterocycles. The Kier molecular flexibility index (Phi) is 7.08. The SMILES string of the molecule is CNc1nc(Nc2ccc(C(=O)N3CCN(CCO)CC3)cc2OC)ncc1Cl. The number of halogens is 1. The highest BCUT2D eigenvalue weighted by Crippen LogP contribution is 2.29. The fourth-order valence-corrected chi connectivity index (χ4v) is 3.33. The molecule has 1 aromatic carbocycles. The van der Waals surface area contributed by atoms with Crippen LogP contribution in [-0.4, -0.2) is 84.3 Å². The van der Waals surface area contributed by atoms with E-state index in [2.05, 4.69) is 25.5 Å². The molecule has 2 heterocycles. The number of nitrogens with zero attached hydrogens (tertiary/aromatic N) is 4. The van der Waals surface area contributed by atoms with E-state index in [0.717, 1.165) is 13.1 Å². The molecule has 9 nitrogen and oxygen atoms in total. The maximum Gasteiger partial charge on any atom is 0.254 e. The van der Waals surface area contributed by atoms with Crippen LogP contribution in [0.3, 0.4) is 0 Å². The maximum absolute atomic E-state index is 12.9. The summed E-state index contributed by atoms with van der Waals surface area (Å²) in [6.45, 7) is 3.54. The molecular formula is C19H25ClN6O3. The number of β-amino-alcohol motifs (C(OH)–C–C–N with tert-alkyl or cyclic N) is 1. The van der Waals surface area contributed by atoms with Crippen molar-refractivity contribution in [2.24, 2.45) is 0 Å². The van der Waals surface area contributed by atoms with E-state index in [-0.39, 0.29) is 12.5 Å². The second-order valence-corrected chi connectivity index (χ2v) is 6.94. The number of aromatic nitrogens is 2. The van der Waals surface area contributed by atoms with Crippen molar-refractivity contribution in [3.05, 3.63) is 35.0 Å². The molecule has 0 unspecified atom stereocenters. The molecule has 1 saturated heterocycles. The highest BCUT2D eigenvalue weighted by molar-refractivity contribution is 6.32. The predicted octanol–water partition coefficient (Wildman–Crippen LogP) is 1.67. The molecule has 0 aliphatic carbocycles. The Labute approximate surface area is 174 Å². The van der Waals surface area contributed by atoms with Crippen LogP contribution in [0.5, 0.6) is 5.75 Å². The Morgan fingerprint density at radius 2 is 2.07 bits per heavy atom. The van der Waals surface area contributed by atoms with Crippen LogP contribution in [0, 0.1) is 0 Å². The fraction of sp³-hybridized carbons (Fsp3) is 0.421. The number of carbonyl (C=O) groups excluding carboxylic acids is 1. The number of carbonyl (C=O) groups is 1. The number of anilines is 3. The summed E-state index contributed by atoms with van der Waals surface area (Å²) in [7, 11) is 3.27. The lowest BCUT2D eigenvalue weighted by Gasteiger charge is -2.34. The number of hydrogen-bond acceptors (Lipinski definition) is 8. The highest BCUT2D eigenvalue weighted by Gasteiger charge is 2.22. The van der Waals surface area contributed by atoms with Gasteiger partial charge >= 0.3 is 0 Å². The van der Waals surface area contributed by atoms with Crippen LogP contribution < -0.4 is 15.4 Å². The Balaban J connectivity index is 1.72. The molecule has 29 heavy (non-hydrogen) atoms. The number of methoxy groups -OCH3 is 1. The second-order valence-electron chi connectivity index (χ2n) is 6.54. The molecular weight excluding hydrogens is 396 g/mol. The lowest BCUT2D eigenvalue weighted by molar-refractivity contribution is 0.0614. The summed E-state index contributed by atoms with van der Waals surface area (Å²) in [6, 6.07) is 5.23. The Morgan fingerprint density at radius 3 is 2.72 bits per heavy atom. The van der Waals surface area contributed by atoms with E-state index in [1.165, 1.54) is 6.20 Å². The molecule has 156 valence electrons. The van der Waals surface area contributed by atoms with E-state index in [0.29, 0.717) is 53.4 Å². The summed E-state index contributed by atoms with van der Waals surface area (Å²) < 4.78 is 5.46. The molecule has 0 atom stereocenters. The number of amides is 1. The monoisotopic (exact) mass is 420 g/mol. The maximum atomic E-state index is 12.9. The molecule has 0 spiro atoms. The van der Waals surface area contributed by atoms with Gasteiger partial charge in [-0.3, -0.25) is 9.69 Å². The van der Waals surface area contributed by atoms with Crippen molar-refractivity contribution in [3.63, 3.8) is 0 Å². The van der Waals surface area contributed by atoms with Gasteiger partial charge in [0.05, 0.1) is 25.6 Å². The first-order valence-corrected chi connectivity index (χ1v) is 9.71. The van der Waals surface area contributed by atoms with Gasteiger partial charge in [-0.2, -0.15) is 4.98 Å². The molecule has 3 N–H and O–H groups in total. The minimum absolute atomic E-state index is 0.0429. The van der Waals surface area contributed by atoms with Crippen LogP contribution in [0.25, 0.3) is 0 Å². The normalized spacial score (nSPS) is 14.6. The number of nitrogens with one attached hydrogen (secondary N) is 2. The summed E-state index contributed by atoms with van der Waals surface area (Å²) in [6.07, 6.45) is 1.50. The summed E-state index contributed by atoms with van der Waals surface area (Å²) in [5.41, 5.74) is 1.19. The minimum atomic E-state index is -0.0429. The van der Waals surface area contributed by atoms with E-state index in [1.54, 1.807) is 32.4 Å². The molecule has 0 bridgehead atoms. The predicted molar refractivity (Wildman–Crippen MR) is 112 cm³/mol. The van der Waals surface area contributed by atoms with Gasteiger partial charge in [-0.25, -0.2) is 4.98 Å². The van der Waals surface area contributed by atoms with Crippen molar-refractivity contribution in [3.8, 4) is 5.75 Å². The molecule has 0 saturated carbocycles. The van der Waals surface area contributed by atoms with Crippen molar-refractivity contribution in [1.82, 2.24) is 19.8 Å². The molecule has 3 rings (SSSR count). The van der Waals surface area contributed by atoms with Crippen molar-refractivity contribution in [1.29, 1.82) is 0 Å². The van der Waals surface area contributed by atoms with Gasteiger partial charge in [0.25, 0.3) is 5.91 Å². The van der Waals surface area contributed by atoms with Gasteiger partial charge in [0.2, 0.25) is 5.95 Å². The third kappa shape index (κ3) is 5.06. The van der Waals surface area contributed by atoms with E-state index in [9.17, 15) is 4.79 Å². The third-order valence-corrected chi connectivity index (χ3v) is 5.03. The molecule has 1 aliphatic heterocycles. The van der Waals surface area contributed by atoms with E-state index < -0.39 is 0 Å². The Bertz CT molecular complexity index is 858. The molecule has 1 aliphatic rings. The lowest BCUT2D eigenvalue weighted by atomic mass is 10.1. The third-order valence-electron chi connectivity index (χ3n) is 4.75. The first-order valence-electron chi connectivity index (χ1n) is 9.33. The molecule has 1 amide bonds. The highest BCUT2D eigenvalue weighted by atomic mass is 35.5. The number of ether oxygens (including phenoxy) is 1. The van der Waals surface area contributed by atoms with Gasteiger partial charge in [0.15, 0.2) is 0 Å². The van der Waals surface area contributed by atoms with Gasteiger partial charge in [0.1, 0.15) is 16.6 Å². The fourth-order valence-electron chi connectivity index (χ4n) is 3.15. The smallest absolute Gasteiger partial charge is 0.254 e. The average Bonchev–Trinajstić information content (AvgIpc) is 2.75. The largest absolute Gasteiger partial charge is 0.495 e. The van der Waals surface area contributed by atoms with Crippen molar-refractivity contribution >= 4 is 35.0 Å². The van der Waals surface area contributed by atoms with Crippen LogP contribution in [-0.2, 0) is 0 Å². The first kappa shape index (κ1) is 21.1. The number of piperazine rings is 1.